The van der Waals surface area contributed by atoms with Gasteiger partial charge in [-0.05, 0) is 49.4 Å². The normalized spacial score (nSPS) is 17.5. The first kappa shape index (κ1) is 32.2. The van der Waals surface area contributed by atoms with Crippen LogP contribution >= 0.6 is 0 Å². The number of carbonyl (C=O) groups excluding carboxylic acids is 2. The molecule has 1 aromatic carbocycles. The molecule has 0 bridgehead atoms. The number of fused-ring (bicyclic) bond motifs is 1. The highest BCUT2D eigenvalue weighted by Gasteiger charge is 2.40. The van der Waals surface area contributed by atoms with Gasteiger partial charge in [0.1, 0.15) is 11.5 Å². The second-order valence-corrected chi connectivity index (χ2v) is 10.8. The maximum atomic E-state index is 13.9. The maximum Gasteiger partial charge on any atom is 0.390 e. The number of amides is 2. The monoisotopic (exact) mass is 622 g/mol. The van der Waals surface area contributed by atoms with Gasteiger partial charge in [0, 0.05) is 25.5 Å². The summed E-state index contributed by atoms with van der Waals surface area (Å²) in [6.07, 6.45) is -11.6. The maximum absolute atomic E-state index is 13.9. The second-order valence-electron chi connectivity index (χ2n) is 10.8. The molecule has 1 saturated carbocycles. The summed E-state index contributed by atoms with van der Waals surface area (Å²) in [6, 6.07) is 4.56. The van der Waals surface area contributed by atoms with Crippen molar-refractivity contribution in [1.29, 1.82) is 0 Å². The first-order chi connectivity index (χ1) is 20.0. The fourth-order valence-electron chi connectivity index (χ4n) is 5.07. The van der Waals surface area contributed by atoms with Crippen LogP contribution in [-0.4, -0.2) is 49.8 Å². The number of imidazole rings is 1. The fourth-order valence-corrected chi connectivity index (χ4v) is 5.07. The second kappa shape index (κ2) is 12.5. The van der Waals surface area contributed by atoms with Gasteiger partial charge in [-0.3, -0.25) is 14.3 Å². The number of aromatic amines is 1. The average molecular weight is 623 g/mol. The van der Waals surface area contributed by atoms with Crippen LogP contribution in [0.3, 0.4) is 0 Å². The standard InChI is InChI=1S/C27H30F8N6O2/c1-15(37-21(42)6-10-26(30,31)32)17-2-3-18-19(14-17)39-23(38-18)22(16-4-8-25(28,29)9-5-16)40-24(43)20-7-12-36-41(20)13-11-27(33,34)35/h2-3,7,12,14-16,22H,4-6,8-11,13H2,1H3,(H,37,42)(H,38,39)(H,40,43)/t15-,22-/m0/s1. The van der Waals surface area contributed by atoms with Crippen molar-refractivity contribution in [1.82, 2.24) is 30.4 Å². The molecule has 16 heteroatoms. The molecule has 236 valence electrons. The molecule has 0 aliphatic heterocycles. The zero-order valence-electron chi connectivity index (χ0n) is 23.0. The number of hydrogen-bond donors (Lipinski definition) is 3. The van der Waals surface area contributed by atoms with Crippen molar-refractivity contribution in [2.24, 2.45) is 5.92 Å². The van der Waals surface area contributed by atoms with Gasteiger partial charge in [-0.2, -0.15) is 31.4 Å². The molecular formula is C27H30F8N6O2. The summed E-state index contributed by atoms with van der Waals surface area (Å²) in [7, 11) is 0. The number of aromatic nitrogens is 4. The van der Waals surface area contributed by atoms with Crippen LogP contribution in [0.5, 0.6) is 0 Å². The van der Waals surface area contributed by atoms with E-state index in [4.69, 9.17) is 0 Å². The number of hydrogen-bond acceptors (Lipinski definition) is 4. The molecule has 3 N–H and O–H groups in total. The van der Waals surface area contributed by atoms with Crippen LogP contribution in [-0.2, 0) is 11.3 Å². The molecule has 2 heterocycles. The van der Waals surface area contributed by atoms with E-state index in [1.165, 1.54) is 12.3 Å². The van der Waals surface area contributed by atoms with Crippen molar-refractivity contribution in [3.63, 3.8) is 0 Å². The molecule has 0 unspecified atom stereocenters. The van der Waals surface area contributed by atoms with Crippen molar-refractivity contribution in [2.45, 2.75) is 88.8 Å². The van der Waals surface area contributed by atoms with E-state index < -0.39 is 86.7 Å². The van der Waals surface area contributed by atoms with E-state index in [9.17, 15) is 44.7 Å². The van der Waals surface area contributed by atoms with Crippen molar-refractivity contribution >= 4 is 22.8 Å². The lowest BCUT2D eigenvalue weighted by Gasteiger charge is -2.33. The Morgan fingerprint density at radius 2 is 1.72 bits per heavy atom. The van der Waals surface area contributed by atoms with Crippen LogP contribution in [0, 0.1) is 5.92 Å². The lowest BCUT2D eigenvalue weighted by atomic mass is 9.81. The van der Waals surface area contributed by atoms with Gasteiger partial charge in [-0.25, -0.2) is 13.8 Å². The Labute approximate surface area is 240 Å². The van der Waals surface area contributed by atoms with Gasteiger partial charge in [0.25, 0.3) is 5.91 Å². The SMILES string of the molecule is C[C@H](NC(=O)CCC(F)(F)F)c1ccc2nc([C@@H](NC(=O)c3ccnn3CCC(F)(F)F)C3CCC(F)(F)CC3)[nH]c2c1. The Bertz CT molecular complexity index is 1420. The molecule has 3 aromatic rings. The molecule has 2 atom stereocenters. The van der Waals surface area contributed by atoms with Crippen molar-refractivity contribution in [3.8, 4) is 0 Å². The third-order valence-electron chi connectivity index (χ3n) is 7.41. The largest absolute Gasteiger partial charge is 0.390 e. The van der Waals surface area contributed by atoms with Crippen LogP contribution in [0.4, 0.5) is 35.1 Å². The predicted octanol–water partition coefficient (Wildman–Crippen LogP) is 6.53. The summed E-state index contributed by atoms with van der Waals surface area (Å²) in [5, 5.41) is 9.07. The molecule has 0 spiro atoms. The molecule has 1 aliphatic rings. The van der Waals surface area contributed by atoms with Gasteiger partial charge in [-0.15, -0.1) is 0 Å². The summed E-state index contributed by atoms with van der Waals surface area (Å²) >= 11 is 0. The summed E-state index contributed by atoms with van der Waals surface area (Å²) in [5.41, 5.74) is 1.31. The molecule has 8 nitrogen and oxygen atoms in total. The van der Waals surface area contributed by atoms with E-state index in [-0.39, 0.29) is 24.4 Å². The molecule has 4 rings (SSSR count). The quantitative estimate of drug-likeness (QED) is 0.224. The van der Waals surface area contributed by atoms with Crippen LogP contribution in [0.2, 0.25) is 0 Å². The number of H-pyrrole nitrogens is 1. The first-order valence-electron chi connectivity index (χ1n) is 13.6. The smallest absolute Gasteiger partial charge is 0.350 e. The number of benzene rings is 1. The summed E-state index contributed by atoms with van der Waals surface area (Å²) in [4.78, 5) is 32.8. The van der Waals surface area contributed by atoms with E-state index in [0.29, 0.717) is 16.6 Å². The lowest BCUT2D eigenvalue weighted by molar-refractivity contribution is -0.144. The lowest BCUT2D eigenvalue weighted by Crippen LogP contribution is -2.38. The Kier molecular flexibility index (Phi) is 9.35. The van der Waals surface area contributed by atoms with E-state index in [1.807, 2.05) is 0 Å². The van der Waals surface area contributed by atoms with Crippen LogP contribution in [0.1, 0.15) is 85.8 Å². The van der Waals surface area contributed by atoms with Crippen LogP contribution in [0.25, 0.3) is 11.0 Å². The molecule has 43 heavy (non-hydrogen) atoms. The number of aryl methyl sites for hydroxylation is 1. The van der Waals surface area contributed by atoms with Gasteiger partial charge in [0.2, 0.25) is 11.8 Å². The summed E-state index contributed by atoms with van der Waals surface area (Å²) < 4.78 is 104. The summed E-state index contributed by atoms with van der Waals surface area (Å²) in [6.45, 7) is 1.01. The van der Waals surface area contributed by atoms with Gasteiger partial charge in [0.15, 0.2) is 0 Å². The van der Waals surface area contributed by atoms with Crippen molar-refractivity contribution in [2.75, 3.05) is 0 Å². The minimum absolute atomic E-state index is 0.0502. The number of alkyl halides is 8. The molecule has 2 amide bonds. The van der Waals surface area contributed by atoms with Crippen molar-refractivity contribution in [3.05, 3.63) is 47.5 Å². The number of carbonyl (C=O) groups is 2. The van der Waals surface area contributed by atoms with Gasteiger partial charge in [0.05, 0.1) is 42.5 Å². The highest BCUT2D eigenvalue weighted by molar-refractivity contribution is 5.92. The number of halogens is 8. The molecule has 0 saturated heterocycles. The Hall–Kier alpha value is -3.72. The van der Waals surface area contributed by atoms with Crippen LogP contribution in [0.15, 0.2) is 30.5 Å². The number of rotatable bonds is 10. The third-order valence-corrected chi connectivity index (χ3v) is 7.41. The minimum atomic E-state index is -4.47. The highest BCUT2D eigenvalue weighted by Crippen LogP contribution is 2.41. The first-order valence-corrected chi connectivity index (χ1v) is 13.6. The Balaban J connectivity index is 1.55. The fraction of sp³-hybridized carbons (Fsp3) is 0.556. The Morgan fingerprint density at radius 3 is 2.37 bits per heavy atom. The molecule has 1 fully saturated rings. The zero-order chi connectivity index (χ0) is 31.6. The Morgan fingerprint density at radius 1 is 1.05 bits per heavy atom. The van der Waals surface area contributed by atoms with E-state index in [1.54, 1.807) is 25.1 Å². The topological polar surface area (TPSA) is 105 Å². The average Bonchev–Trinajstić information content (AvgIpc) is 3.55. The highest BCUT2D eigenvalue weighted by atomic mass is 19.4. The number of nitrogens with one attached hydrogen (secondary N) is 3. The summed E-state index contributed by atoms with van der Waals surface area (Å²) in [5.74, 6) is -4.62. The van der Waals surface area contributed by atoms with Gasteiger partial charge < -0.3 is 15.6 Å². The van der Waals surface area contributed by atoms with Crippen LogP contribution < -0.4 is 10.6 Å². The van der Waals surface area contributed by atoms with E-state index in [0.717, 1.165) is 4.68 Å². The van der Waals surface area contributed by atoms with Crippen molar-refractivity contribution < 1.29 is 44.7 Å². The van der Waals surface area contributed by atoms with E-state index >= 15 is 0 Å². The van der Waals surface area contributed by atoms with E-state index in [2.05, 4.69) is 25.7 Å². The predicted molar refractivity (Wildman–Crippen MR) is 138 cm³/mol. The zero-order valence-corrected chi connectivity index (χ0v) is 23.0. The minimum Gasteiger partial charge on any atom is -0.350 e. The molecule has 2 aromatic heterocycles. The van der Waals surface area contributed by atoms with Gasteiger partial charge in [-0.1, -0.05) is 6.07 Å². The van der Waals surface area contributed by atoms with Gasteiger partial charge >= 0.3 is 12.4 Å². The third kappa shape index (κ3) is 8.89. The molecule has 1 aliphatic carbocycles. The number of nitrogens with zero attached hydrogens (tertiary/aromatic N) is 3. The molecular weight excluding hydrogens is 592 g/mol. The molecule has 0 radical (unpaired) electrons.